The van der Waals surface area contributed by atoms with E-state index in [1.54, 1.807) is 22.9 Å². The molecular weight excluding hydrogens is 472 g/mol. The molecule has 1 saturated heterocycles. The molecule has 9 heteroatoms. The maximum Gasteiger partial charge on any atom is 0.338 e. The number of carbonyl (C=O) groups excluding carboxylic acids is 4. The summed E-state index contributed by atoms with van der Waals surface area (Å²) in [6.07, 6.45) is 0.276. The summed E-state index contributed by atoms with van der Waals surface area (Å²) < 4.78 is 6.81. The van der Waals surface area contributed by atoms with Crippen LogP contribution in [0.5, 0.6) is 0 Å². The number of para-hydroxylation sites is 1. The van der Waals surface area contributed by atoms with Gasteiger partial charge in [-0.2, -0.15) is 5.10 Å². The van der Waals surface area contributed by atoms with E-state index in [1.807, 2.05) is 60.7 Å². The third-order valence-corrected chi connectivity index (χ3v) is 5.77. The van der Waals surface area contributed by atoms with E-state index in [0.29, 0.717) is 17.2 Å². The number of imide groups is 1. The van der Waals surface area contributed by atoms with Gasteiger partial charge in [-0.25, -0.2) is 9.48 Å². The standard InChI is InChI=1S/C28H22N4O5/c33-25(18-37-28(36)20-10-7-13-22(16-20)31-26(34)14-15-27(31)35)29-24-17-23(19-8-3-1-4-9-19)30-32(24)21-11-5-2-6-12-21/h1-13,16-17H,14-15,18H2,(H,29,33). The van der Waals surface area contributed by atoms with E-state index in [0.717, 1.165) is 16.2 Å². The van der Waals surface area contributed by atoms with Crippen molar-refractivity contribution in [1.82, 2.24) is 9.78 Å². The molecule has 0 spiro atoms. The van der Waals surface area contributed by atoms with Gasteiger partial charge in [-0.3, -0.25) is 19.3 Å². The molecule has 0 bridgehead atoms. The van der Waals surface area contributed by atoms with Crippen LogP contribution in [-0.2, 0) is 19.1 Å². The number of nitrogens with zero attached hydrogens (tertiary/aromatic N) is 3. The van der Waals surface area contributed by atoms with E-state index in [2.05, 4.69) is 10.4 Å². The SMILES string of the molecule is O=C(COC(=O)c1cccc(N2C(=O)CCC2=O)c1)Nc1cc(-c2ccccc2)nn1-c1ccccc1. The van der Waals surface area contributed by atoms with Crippen LogP contribution in [0.25, 0.3) is 16.9 Å². The van der Waals surface area contributed by atoms with Crippen LogP contribution in [0.2, 0.25) is 0 Å². The van der Waals surface area contributed by atoms with Crippen LogP contribution in [0, 0.1) is 0 Å². The Bertz CT molecular complexity index is 1460. The molecule has 1 fully saturated rings. The summed E-state index contributed by atoms with van der Waals surface area (Å²) in [5.41, 5.74) is 2.72. The maximum absolute atomic E-state index is 12.7. The van der Waals surface area contributed by atoms with Gasteiger partial charge in [0.25, 0.3) is 5.91 Å². The maximum atomic E-state index is 12.7. The van der Waals surface area contributed by atoms with E-state index in [-0.39, 0.29) is 30.2 Å². The molecule has 0 saturated carbocycles. The Labute approximate surface area is 212 Å². The fraction of sp³-hybridized carbons (Fsp3) is 0.107. The Balaban J connectivity index is 1.29. The lowest BCUT2D eigenvalue weighted by Gasteiger charge is -2.14. The number of hydrogen-bond acceptors (Lipinski definition) is 6. The van der Waals surface area contributed by atoms with Gasteiger partial charge in [0, 0.05) is 24.5 Å². The molecule has 1 aromatic heterocycles. The van der Waals surface area contributed by atoms with Gasteiger partial charge in [0.1, 0.15) is 5.82 Å². The van der Waals surface area contributed by atoms with Gasteiger partial charge in [-0.1, -0.05) is 54.6 Å². The molecule has 2 heterocycles. The summed E-state index contributed by atoms with van der Waals surface area (Å²) in [5.74, 6) is -1.53. The lowest BCUT2D eigenvalue weighted by atomic mass is 10.2. The van der Waals surface area contributed by atoms with Crippen molar-refractivity contribution in [3.05, 3.63) is 96.6 Å². The first-order chi connectivity index (χ1) is 18.0. The first-order valence-corrected chi connectivity index (χ1v) is 11.6. The van der Waals surface area contributed by atoms with E-state index >= 15 is 0 Å². The second-order valence-electron chi connectivity index (χ2n) is 8.33. The minimum atomic E-state index is -0.752. The molecule has 0 atom stereocenters. The molecular formula is C28H22N4O5. The number of esters is 1. The monoisotopic (exact) mass is 494 g/mol. The second-order valence-corrected chi connectivity index (χ2v) is 8.33. The van der Waals surface area contributed by atoms with Crippen molar-refractivity contribution >= 4 is 35.2 Å². The molecule has 3 aromatic carbocycles. The third-order valence-electron chi connectivity index (χ3n) is 5.77. The number of aromatic nitrogens is 2. The fourth-order valence-corrected chi connectivity index (χ4v) is 4.02. The Morgan fingerprint density at radius 1 is 0.811 bits per heavy atom. The lowest BCUT2D eigenvalue weighted by Crippen LogP contribution is -2.28. The highest BCUT2D eigenvalue weighted by Gasteiger charge is 2.30. The minimum Gasteiger partial charge on any atom is -0.452 e. The summed E-state index contributed by atoms with van der Waals surface area (Å²) in [7, 11) is 0. The van der Waals surface area contributed by atoms with Gasteiger partial charge in [0.05, 0.1) is 22.6 Å². The normalized spacial score (nSPS) is 13.0. The molecule has 184 valence electrons. The molecule has 9 nitrogen and oxygen atoms in total. The third kappa shape index (κ3) is 5.15. The first kappa shape index (κ1) is 23.7. The Morgan fingerprint density at radius 2 is 1.46 bits per heavy atom. The van der Waals surface area contributed by atoms with Gasteiger partial charge in [-0.05, 0) is 30.3 Å². The minimum absolute atomic E-state index is 0.124. The smallest absolute Gasteiger partial charge is 0.338 e. The lowest BCUT2D eigenvalue weighted by molar-refractivity contribution is -0.121. The van der Waals surface area contributed by atoms with Crippen molar-refractivity contribution in [3.63, 3.8) is 0 Å². The molecule has 5 rings (SSSR count). The fourth-order valence-electron chi connectivity index (χ4n) is 4.02. The van der Waals surface area contributed by atoms with Crippen molar-refractivity contribution in [2.75, 3.05) is 16.8 Å². The predicted octanol–water partition coefficient (Wildman–Crippen LogP) is 3.99. The van der Waals surface area contributed by atoms with Crippen molar-refractivity contribution in [2.45, 2.75) is 12.8 Å². The Kier molecular flexibility index (Phi) is 6.58. The average molecular weight is 495 g/mol. The highest BCUT2D eigenvalue weighted by atomic mass is 16.5. The second kappa shape index (κ2) is 10.3. The quantitative estimate of drug-likeness (QED) is 0.307. The topological polar surface area (TPSA) is 111 Å². The largest absolute Gasteiger partial charge is 0.452 e. The molecule has 1 aliphatic rings. The van der Waals surface area contributed by atoms with Crippen LogP contribution >= 0.6 is 0 Å². The molecule has 1 N–H and O–H groups in total. The first-order valence-electron chi connectivity index (χ1n) is 11.6. The molecule has 0 unspecified atom stereocenters. The zero-order valence-electron chi connectivity index (χ0n) is 19.7. The van der Waals surface area contributed by atoms with E-state index in [4.69, 9.17) is 4.74 Å². The molecule has 4 aromatic rings. The number of anilines is 2. The zero-order chi connectivity index (χ0) is 25.8. The Hall–Kier alpha value is -5.05. The predicted molar refractivity (Wildman–Crippen MR) is 136 cm³/mol. The van der Waals surface area contributed by atoms with Crippen LogP contribution in [0.15, 0.2) is 91.0 Å². The van der Waals surface area contributed by atoms with Gasteiger partial charge in [0.15, 0.2) is 6.61 Å². The highest BCUT2D eigenvalue weighted by Crippen LogP contribution is 2.25. The average Bonchev–Trinajstić information content (AvgIpc) is 3.50. The van der Waals surface area contributed by atoms with Gasteiger partial charge >= 0.3 is 5.97 Å². The number of rotatable bonds is 7. The van der Waals surface area contributed by atoms with E-state index < -0.39 is 18.5 Å². The Morgan fingerprint density at radius 3 is 2.16 bits per heavy atom. The summed E-state index contributed by atoms with van der Waals surface area (Å²) in [4.78, 5) is 50.4. The van der Waals surface area contributed by atoms with Gasteiger partial charge < -0.3 is 10.1 Å². The number of amides is 3. The highest BCUT2D eigenvalue weighted by molar-refractivity contribution is 6.20. The van der Waals surface area contributed by atoms with Gasteiger partial charge in [-0.15, -0.1) is 0 Å². The summed E-state index contributed by atoms with van der Waals surface area (Å²) >= 11 is 0. The van der Waals surface area contributed by atoms with E-state index in [9.17, 15) is 19.2 Å². The van der Waals surface area contributed by atoms with Crippen LogP contribution in [0.4, 0.5) is 11.5 Å². The molecule has 3 amide bonds. The van der Waals surface area contributed by atoms with Crippen LogP contribution < -0.4 is 10.2 Å². The van der Waals surface area contributed by atoms with E-state index in [1.165, 1.54) is 12.1 Å². The number of hydrogen-bond donors (Lipinski definition) is 1. The molecule has 0 aliphatic carbocycles. The number of carbonyl (C=O) groups is 4. The zero-order valence-corrected chi connectivity index (χ0v) is 19.7. The summed E-state index contributed by atoms with van der Waals surface area (Å²) in [6, 6.07) is 26.6. The molecule has 1 aliphatic heterocycles. The van der Waals surface area contributed by atoms with Crippen LogP contribution in [0.3, 0.4) is 0 Å². The number of ether oxygens (including phenoxy) is 1. The number of benzene rings is 3. The summed E-state index contributed by atoms with van der Waals surface area (Å²) in [6.45, 7) is -0.536. The van der Waals surface area contributed by atoms with Crippen LogP contribution in [0.1, 0.15) is 23.2 Å². The van der Waals surface area contributed by atoms with Crippen molar-refractivity contribution in [3.8, 4) is 16.9 Å². The van der Waals surface area contributed by atoms with Crippen molar-refractivity contribution < 1.29 is 23.9 Å². The van der Waals surface area contributed by atoms with Crippen molar-refractivity contribution in [2.24, 2.45) is 0 Å². The van der Waals surface area contributed by atoms with Gasteiger partial charge in [0.2, 0.25) is 11.8 Å². The van der Waals surface area contributed by atoms with Crippen LogP contribution in [-0.4, -0.2) is 40.1 Å². The van der Waals surface area contributed by atoms with Crippen molar-refractivity contribution in [1.29, 1.82) is 0 Å². The molecule has 37 heavy (non-hydrogen) atoms. The molecule has 0 radical (unpaired) electrons. The number of nitrogens with one attached hydrogen (secondary N) is 1. The summed E-state index contributed by atoms with van der Waals surface area (Å²) in [5, 5.41) is 7.40.